The molecule has 0 unspecified atom stereocenters. The number of hydrogen-bond donors (Lipinski definition) is 0. The SMILES string of the molecule is CN(C)CCCCCl. The zero-order valence-corrected chi connectivity index (χ0v) is 6.41. The zero-order valence-electron chi connectivity index (χ0n) is 5.65. The van der Waals surface area contributed by atoms with E-state index < -0.39 is 0 Å². The molecule has 0 aliphatic rings. The summed E-state index contributed by atoms with van der Waals surface area (Å²) in [7, 11) is 4.16. The molecule has 0 heterocycles. The summed E-state index contributed by atoms with van der Waals surface area (Å²) in [5.41, 5.74) is 0. The molecule has 0 atom stereocenters. The highest BCUT2D eigenvalue weighted by Gasteiger charge is 1.87. The van der Waals surface area contributed by atoms with Gasteiger partial charge < -0.3 is 4.90 Å². The van der Waals surface area contributed by atoms with Crippen LogP contribution >= 0.6 is 11.6 Å². The lowest BCUT2D eigenvalue weighted by atomic mass is 10.3. The molecule has 0 aromatic rings. The maximum Gasteiger partial charge on any atom is 0.0223 e. The van der Waals surface area contributed by atoms with Crippen molar-refractivity contribution in [3.63, 3.8) is 0 Å². The maximum atomic E-state index is 5.47. The highest BCUT2D eigenvalue weighted by molar-refractivity contribution is 6.17. The van der Waals surface area contributed by atoms with E-state index in [0.29, 0.717) is 0 Å². The monoisotopic (exact) mass is 135 g/mol. The molecule has 0 radical (unpaired) electrons. The van der Waals surface area contributed by atoms with Gasteiger partial charge in [0.05, 0.1) is 0 Å². The second-order valence-corrected chi connectivity index (χ2v) is 2.58. The predicted octanol–water partition coefficient (Wildman–Crippen LogP) is 1.57. The van der Waals surface area contributed by atoms with Crippen molar-refractivity contribution in [2.75, 3.05) is 26.5 Å². The van der Waals surface area contributed by atoms with E-state index in [1.54, 1.807) is 0 Å². The van der Waals surface area contributed by atoms with Crippen molar-refractivity contribution in [3.05, 3.63) is 0 Å². The number of halogens is 1. The van der Waals surface area contributed by atoms with Crippen molar-refractivity contribution in [2.45, 2.75) is 12.8 Å². The van der Waals surface area contributed by atoms with Gasteiger partial charge in [0.15, 0.2) is 0 Å². The summed E-state index contributed by atoms with van der Waals surface area (Å²) < 4.78 is 0. The Morgan fingerprint density at radius 1 is 1.25 bits per heavy atom. The standard InChI is InChI=1S/C6H14ClN/c1-8(2)6-4-3-5-7/h3-6H2,1-2H3. The Labute approximate surface area is 56.6 Å². The fourth-order valence-electron chi connectivity index (χ4n) is 0.523. The van der Waals surface area contributed by atoms with Crippen molar-refractivity contribution in [3.8, 4) is 0 Å². The van der Waals surface area contributed by atoms with Crippen LogP contribution in [0.5, 0.6) is 0 Å². The summed E-state index contributed by atoms with van der Waals surface area (Å²) in [4.78, 5) is 2.17. The van der Waals surface area contributed by atoms with E-state index in [2.05, 4.69) is 19.0 Å². The largest absolute Gasteiger partial charge is 0.309 e. The van der Waals surface area contributed by atoms with E-state index in [1.165, 1.54) is 6.42 Å². The van der Waals surface area contributed by atoms with E-state index in [9.17, 15) is 0 Å². The lowest BCUT2D eigenvalue weighted by Crippen LogP contribution is -2.12. The predicted molar refractivity (Wildman–Crippen MR) is 38.5 cm³/mol. The molecule has 0 rings (SSSR count). The van der Waals surface area contributed by atoms with Crippen LogP contribution in [0.4, 0.5) is 0 Å². The van der Waals surface area contributed by atoms with Crippen molar-refractivity contribution in [1.82, 2.24) is 4.90 Å². The Morgan fingerprint density at radius 3 is 2.25 bits per heavy atom. The van der Waals surface area contributed by atoms with Crippen molar-refractivity contribution in [2.24, 2.45) is 0 Å². The molecule has 0 spiro atoms. The third-order valence-corrected chi connectivity index (χ3v) is 1.26. The van der Waals surface area contributed by atoms with E-state index >= 15 is 0 Å². The second kappa shape index (κ2) is 5.39. The highest BCUT2D eigenvalue weighted by atomic mass is 35.5. The van der Waals surface area contributed by atoms with Gasteiger partial charge in [-0.2, -0.15) is 0 Å². The molecule has 0 amide bonds. The average Bonchev–Trinajstić information content (AvgIpc) is 1.66. The number of alkyl halides is 1. The second-order valence-electron chi connectivity index (χ2n) is 2.20. The number of hydrogen-bond acceptors (Lipinski definition) is 1. The molecule has 0 fully saturated rings. The van der Waals surface area contributed by atoms with Gasteiger partial charge in [-0.1, -0.05) is 0 Å². The Morgan fingerprint density at radius 2 is 1.88 bits per heavy atom. The van der Waals surface area contributed by atoms with E-state index in [4.69, 9.17) is 11.6 Å². The minimum atomic E-state index is 0.799. The molecule has 0 N–H and O–H groups in total. The third-order valence-electron chi connectivity index (χ3n) is 0.989. The van der Waals surface area contributed by atoms with Gasteiger partial charge >= 0.3 is 0 Å². The van der Waals surface area contributed by atoms with Crippen LogP contribution in [0.1, 0.15) is 12.8 Å². The molecular weight excluding hydrogens is 122 g/mol. The Bertz CT molecular complexity index is 45.8. The summed E-state index contributed by atoms with van der Waals surface area (Å²) in [5, 5.41) is 0. The molecule has 0 bridgehead atoms. The quantitative estimate of drug-likeness (QED) is 0.418. The highest BCUT2D eigenvalue weighted by Crippen LogP contribution is 1.91. The third kappa shape index (κ3) is 6.25. The van der Waals surface area contributed by atoms with Gasteiger partial charge in [-0.05, 0) is 33.5 Å². The molecular formula is C6H14ClN. The van der Waals surface area contributed by atoms with Gasteiger partial charge in [0.2, 0.25) is 0 Å². The van der Waals surface area contributed by atoms with Gasteiger partial charge in [0, 0.05) is 5.88 Å². The van der Waals surface area contributed by atoms with Gasteiger partial charge in [0.25, 0.3) is 0 Å². The Kier molecular flexibility index (Phi) is 5.56. The van der Waals surface area contributed by atoms with Crippen LogP contribution in [0.2, 0.25) is 0 Å². The van der Waals surface area contributed by atoms with Gasteiger partial charge in [0.1, 0.15) is 0 Å². The van der Waals surface area contributed by atoms with Crippen LogP contribution < -0.4 is 0 Å². The first kappa shape index (κ1) is 8.25. The lowest BCUT2D eigenvalue weighted by Gasteiger charge is -2.06. The number of unbranched alkanes of at least 4 members (excludes halogenated alkanes) is 1. The molecule has 0 aromatic heterocycles. The first-order valence-corrected chi connectivity index (χ1v) is 3.51. The molecule has 0 saturated carbocycles. The minimum absolute atomic E-state index is 0.799. The molecule has 0 saturated heterocycles. The van der Waals surface area contributed by atoms with E-state index in [1.807, 2.05) is 0 Å². The molecule has 0 aromatic carbocycles. The number of rotatable bonds is 4. The smallest absolute Gasteiger partial charge is 0.0223 e. The topological polar surface area (TPSA) is 3.24 Å². The average molecular weight is 136 g/mol. The normalized spacial score (nSPS) is 10.5. The van der Waals surface area contributed by atoms with E-state index in [-0.39, 0.29) is 0 Å². The van der Waals surface area contributed by atoms with Crippen LogP contribution in [0, 0.1) is 0 Å². The summed E-state index contributed by atoms with van der Waals surface area (Å²) in [6, 6.07) is 0. The fraction of sp³-hybridized carbons (Fsp3) is 1.00. The van der Waals surface area contributed by atoms with Crippen LogP contribution in [0.25, 0.3) is 0 Å². The van der Waals surface area contributed by atoms with Crippen LogP contribution in [0.15, 0.2) is 0 Å². The van der Waals surface area contributed by atoms with Crippen LogP contribution in [-0.4, -0.2) is 31.4 Å². The molecule has 0 aliphatic heterocycles. The van der Waals surface area contributed by atoms with Crippen LogP contribution in [0.3, 0.4) is 0 Å². The fourth-order valence-corrected chi connectivity index (χ4v) is 0.712. The molecule has 0 aliphatic carbocycles. The molecule has 1 nitrogen and oxygen atoms in total. The Balaban J connectivity index is 2.72. The van der Waals surface area contributed by atoms with Gasteiger partial charge in [-0.15, -0.1) is 11.6 Å². The van der Waals surface area contributed by atoms with Gasteiger partial charge in [-0.3, -0.25) is 0 Å². The maximum absolute atomic E-state index is 5.47. The van der Waals surface area contributed by atoms with Crippen LogP contribution in [-0.2, 0) is 0 Å². The van der Waals surface area contributed by atoms with E-state index in [0.717, 1.165) is 18.8 Å². The molecule has 2 heteroatoms. The summed E-state index contributed by atoms with van der Waals surface area (Å²) in [5.74, 6) is 0.799. The molecule has 50 valence electrons. The zero-order chi connectivity index (χ0) is 6.41. The minimum Gasteiger partial charge on any atom is -0.309 e. The van der Waals surface area contributed by atoms with Gasteiger partial charge in [-0.25, -0.2) is 0 Å². The summed E-state index contributed by atoms with van der Waals surface area (Å²) >= 11 is 5.47. The van der Waals surface area contributed by atoms with Crippen molar-refractivity contribution < 1.29 is 0 Å². The summed E-state index contributed by atoms with van der Waals surface area (Å²) in [6.07, 6.45) is 2.36. The first-order valence-electron chi connectivity index (χ1n) is 2.98. The van der Waals surface area contributed by atoms with Crippen molar-refractivity contribution in [1.29, 1.82) is 0 Å². The van der Waals surface area contributed by atoms with Crippen molar-refractivity contribution >= 4 is 11.6 Å². The first-order chi connectivity index (χ1) is 3.77. The lowest BCUT2D eigenvalue weighted by molar-refractivity contribution is 0.398. The Hall–Kier alpha value is 0.250. The number of nitrogens with zero attached hydrogens (tertiary/aromatic N) is 1. The summed E-state index contributed by atoms with van der Waals surface area (Å²) in [6.45, 7) is 1.16. The molecule has 8 heavy (non-hydrogen) atoms.